The van der Waals surface area contributed by atoms with E-state index in [9.17, 15) is 0 Å². The number of nitrogens with zero attached hydrogens (tertiary/aromatic N) is 1. The van der Waals surface area contributed by atoms with Crippen molar-refractivity contribution >= 4 is 42.9 Å². The Hall–Kier alpha value is -5.96. The zero-order valence-corrected chi connectivity index (χ0v) is 28.1. The first kappa shape index (κ1) is 27.9. The van der Waals surface area contributed by atoms with Crippen molar-refractivity contribution < 1.29 is 0 Å². The van der Waals surface area contributed by atoms with Crippen molar-refractivity contribution in [2.24, 2.45) is 0 Å². The molecule has 2 heteroatoms. The predicted molar refractivity (Wildman–Crippen MR) is 213 cm³/mol. The number of fused-ring (bicyclic) bond motifs is 7. The summed E-state index contributed by atoms with van der Waals surface area (Å²) >= 11 is 1.88. The molecule has 0 spiro atoms. The van der Waals surface area contributed by atoms with Crippen LogP contribution in [0.1, 0.15) is 11.5 Å². The van der Waals surface area contributed by atoms with Gasteiger partial charge in [-0.25, -0.2) is 0 Å². The van der Waals surface area contributed by atoms with E-state index in [1.165, 1.54) is 92.7 Å². The van der Waals surface area contributed by atoms with Crippen LogP contribution in [0.5, 0.6) is 0 Å². The minimum Gasteiger partial charge on any atom is -0.334 e. The Labute approximate surface area is 295 Å². The van der Waals surface area contributed by atoms with Crippen LogP contribution in [-0.4, -0.2) is 6.04 Å². The van der Waals surface area contributed by atoms with Crippen LogP contribution in [0.3, 0.4) is 0 Å². The van der Waals surface area contributed by atoms with E-state index in [1.807, 2.05) is 11.3 Å². The summed E-state index contributed by atoms with van der Waals surface area (Å²) in [6.45, 7) is 0. The molecular weight excluding hydrogens is 623 g/mol. The minimum absolute atomic E-state index is 0.0773. The van der Waals surface area contributed by atoms with Gasteiger partial charge < -0.3 is 4.90 Å². The third kappa shape index (κ3) is 4.00. The van der Waals surface area contributed by atoms with Crippen LogP contribution in [0.15, 0.2) is 176 Å². The van der Waals surface area contributed by atoms with Crippen LogP contribution in [0.4, 0.5) is 11.4 Å². The van der Waals surface area contributed by atoms with Crippen molar-refractivity contribution in [1.29, 1.82) is 0 Å². The molecule has 0 amide bonds. The van der Waals surface area contributed by atoms with Crippen molar-refractivity contribution in [2.75, 3.05) is 4.90 Å². The summed E-state index contributed by atoms with van der Waals surface area (Å²) in [5.41, 5.74) is 16.8. The van der Waals surface area contributed by atoms with Crippen LogP contribution in [0.2, 0.25) is 0 Å². The molecule has 0 N–H and O–H groups in total. The standard InChI is InChI=1S/C48H31NS/c1-2-12-30(13-3-1)33-14-6-8-22-44(33)49(32-25-27-46-42(28-32)36-16-7-9-23-45(36)50-46)31-24-26-35-39-19-11-20-40-41-21-10-18-38(48(41)43(35)29-31)34-15-4-5-17-37(34)47(39)40/h1-29,33,44H. The summed E-state index contributed by atoms with van der Waals surface area (Å²) < 4.78 is 2.65. The number of allylic oxidation sites excluding steroid dienone is 2. The topological polar surface area (TPSA) is 3.24 Å². The Balaban J connectivity index is 1.18. The van der Waals surface area contributed by atoms with E-state index >= 15 is 0 Å². The molecule has 2 unspecified atom stereocenters. The number of rotatable bonds is 4. The molecule has 8 aromatic rings. The highest BCUT2D eigenvalue weighted by Crippen LogP contribution is 2.57. The number of anilines is 2. The fourth-order valence-electron chi connectivity index (χ4n) is 8.83. The number of thiophene rings is 1. The van der Waals surface area contributed by atoms with Crippen molar-refractivity contribution in [1.82, 2.24) is 0 Å². The number of hydrogen-bond donors (Lipinski definition) is 0. The molecule has 11 rings (SSSR count). The normalized spacial score (nSPS) is 16.2. The molecule has 1 nitrogen and oxygen atoms in total. The van der Waals surface area contributed by atoms with Gasteiger partial charge in [-0.3, -0.25) is 0 Å². The third-order valence-electron chi connectivity index (χ3n) is 11.0. The van der Waals surface area contributed by atoms with Crippen LogP contribution in [-0.2, 0) is 0 Å². The summed E-state index contributed by atoms with van der Waals surface area (Å²) in [5, 5.41) is 2.63. The number of hydrogen-bond acceptors (Lipinski definition) is 2. The highest BCUT2D eigenvalue weighted by Gasteiger charge is 2.33. The fraction of sp³-hybridized carbons (Fsp3) is 0.0417. The first-order valence-corrected chi connectivity index (χ1v) is 18.2. The third-order valence-corrected chi connectivity index (χ3v) is 12.1. The largest absolute Gasteiger partial charge is 0.334 e. The molecule has 3 aliphatic rings. The lowest BCUT2D eigenvalue weighted by Crippen LogP contribution is -2.35. The van der Waals surface area contributed by atoms with Gasteiger partial charge in [-0.2, -0.15) is 0 Å². The smallest absolute Gasteiger partial charge is 0.0628 e. The van der Waals surface area contributed by atoms with E-state index in [-0.39, 0.29) is 12.0 Å². The molecule has 50 heavy (non-hydrogen) atoms. The van der Waals surface area contributed by atoms with Crippen LogP contribution in [0, 0.1) is 0 Å². The minimum atomic E-state index is 0.0773. The van der Waals surface area contributed by atoms with E-state index in [2.05, 4.69) is 181 Å². The molecule has 0 radical (unpaired) electrons. The van der Waals surface area contributed by atoms with Gasteiger partial charge in [-0.15, -0.1) is 11.3 Å². The van der Waals surface area contributed by atoms with E-state index in [0.29, 0.717) is 0 Å². The van der Waals surface area contributed by atoms with E-state index in [0.717, 1.165) is 0 Å². The summed E-state index contributed by atoms with van der Waals surface area (Å²) in [4.78, 5) is 2.59. The van der Waals surface area contributed by atoms with Crippen LogP contribution >= 0.6 is 11.3 Å². The Kier molecular flexibility index (Phi) is 6.02. The average molecular weight is 654 g/mol. The Morgan fingerprint density at radius 3 is 1.80 bits per heavy atom. The van der Waals surface area contributed by atoms with Gasteiger partial charge >= 0.3 is 0 Å². The van der Waals surface area contributed by atoms with Crippen molar-refractivity contribution in [3.8, 4) is 55.6 Å². The summed E-state index contributed by atoms with van der Waals surface area (Å²) in [7, 11) is 0. The second kappa shape index (κ2) is 10.8. The molecule has 234 valence electrons. The quantitative estimate of drug-likeness (QED) is 0.183. The lowest BCUT2D eigenvalue weighted by atomic mass is 9.83. The molecule has 0 saturated heterocycles. The second-order valence-electron chi connectivity index (χ2n) is 13.6. The van der Waals surface area contributed by atoms with Gasteiger partial charge in [-0.05, 0) is 97.6 Å². The van der Waals surface area contributed by atoms with Gasteiger partial charge in [0.05, 0.1) is 6.04 Å². The maximum atomic E-state index is 2.59. The van der Waals surface area contributed by atoms with Gasteiger partial charge in [-0.1, -0.05) is 140 Å². The highest BCUT2D eigenvalue weighted by atomic mass is 32.1. The summed E-state index contributed by atoms with van der Waals surface area (Å²) in [6, 6.07) is 56.9. The zero-order valence-electron chi connectivity index (χ0n) is 27.3. The maximum Gasteiger partial charge on any atom is 0.0628 e. The Bertz CT molecular complexity index is 2710. The second-order valence-corrected chi connectivity index (χ2v) is 14.7. The monoisotopic (exact) mass is 653 g/mol. The van der Waals surface area contributed by atoms with E-state index < -0.39 is 0 Å². The molecule has 0 aliphatic heterocycles. The van der Waals surface area contributed by atoms with Crippen molar-refractivity contribution in [2.45, 2.75) is 12.0 Å². The Morgan fingerprint density at radius 2 is 0.980 bits per heavy atom. The average Bonchev–Trinajstić information content (AvgIpc) is 3.50. The van der Waals surface area contributed by atoms with Crippen LogP contribution in [0.25, 0.3) is 75.8 Å². The van der Waals surface area contributed by atoms with Gasteiger partial charge in [0.15, 0.2) is 0 Å². The van der Waals surface area contributed by atoms with Gasteiger partial charge in [0.25, 0.3) is 0 Å². The maximum absolute atomic E-state index is 2.59. The molecule has 7 aromatic carbocycles. The molecule has 2 atom stereocenters. The predicted octanol–water partition coefficient (Wildman–Crippen LogP) is 13.4. The van der Waals surface area contributed by atoms with Gasteiger partial charge in [0, 0.05) is 37.5 Å². The van der Waals surface area contributed by atoms with Crippen molar-refractivity contribution in [3.63, 3.8) is 0 Å². The Morgan fingerprint density at radius 1 is 0.400 bits per heavy atom. The molecular formula is C48H31NS. The zero-order chi connectivity index (χ0) is 32.8. The molecule has 0 saturated carbocycles. The highest BCUT2D eigenvalue weighted by molar-refractivity contribution is 7.25. The SMILES string of the molecule is C1=CC(c2ccccc2)C(N(c2ccc3c(c2)-c2c4cccc2-c2cccc-3c2-c2ccccc2-4)c2ccc3sc4ccccc4c3c2)C=C1. The summed E-state index contributed by atoms with van der Waals surface area (Å²) in [5.74, 6) is 0.185. The molecule has 0 fully saturated rings. The lowest BCUT2D eigenvalue weighted by Gasteiger charge is -2.38. The number of benzene rings is 7. The molecule has 1 aromatic heterocycles. The molecule has 1 heterocycles. The van der Waals surface area contributed by atoms with Gasteiger partial charge in [0.1, 0.15) is 0 Å². The first-order valence-electron chi connectivity index (χ1n) is 17.4. The van der Waals surface area contributed by atoms with E-state index in [1.54, 1.807) is 0 Å². The van der Waals surface area contributed by atoms with Crippen molar-refractivity contribution in [3.05, 3.63) is 182 Å². The fourth-order valence-corrected chi connectivity index (χ4v) is 9.91. The van der Waals surface area contributed by atoms with Crippen LogP contribution < -0.4 is 4.90 Å². The summed E-state index contributed by atoms with van der Waals surface area (Å²) in [6.07, 6.45) is 9.19. The van der Waals surface area contributed by atoms with E-state index in [4.69, 9.17) is 0 Å². The lowest BCUT2D eigenvalue weighted by molar-refractivity contribution is 0.690. The molecule has 6 bridgehead atoms. The molecule has 3 aliphatic carbocycles. The van der Waals surface area contributed by atoms with Gasteiger partial charge in [0.2, 0.25) is 0 Å². The first-order chi connectivity index (χ1) is 24.8.